The molecule has 0 aliphatic carbocycles. The third-order valence-corrected chi connectivity index (χ3v) is 5.41. The lowest BCUT2D eigenvalue weighted by molar-refractivity contribution is -0.113. The average Bonchev–Trinajstić information content (AvgIpc) is 2.83. The van der Waals surface area contributed by atoms with Crippen LogP contribution in [0.25, 0.3) is 0 Å². The van der Waals surface area contributed by atoms with Gasteiger partial charge in [0.15, 0.2) is 16.6 Å². The van der Waals surface area contributed by atoms with Gasteiger partial charge >= 0.3 is 0 Å². The van der Waals surface area contributed by atoms with E-state index in [-0.39, 0.29) is 5.91 Å². The third kappa shape index (κ3) is 5.30. The number of aromatic nitrogens is 1. The van der Waals surface area contributed by atoms with Crippen molar-refractivity contribution in [1.29, 1.82) is 0 Å². The highest BCUT2D eigenvalue weighted by molar-refractivity contribution is 7.80. The fraction of sp³-hybridized carbons (Fsp3) is 0.160. The number of allylic oxidation sites excluding steroid dienone is 1. The summed E-state index contributed by atoms with van der Waals surface area (Å²) in [5.41, 5.74) is 3.68. The van der Waals surface area contributed by atoms with Crippen LogP contribution in [0.3, 0.4) is 0 Å². The highest BCUT2D eigenvalue weighted by atomic mass is 32.1. The van der Waals surface area contributed by atoms with Crippen LogP contribution >= 0.6 is 12.2 Å². The molecular weight excluding hydrogens is 436 g/mol. The fourth-order valence-corrected chi connectivity index (χ4v) is 3.87. The van der Waals surface area contributed by atoms with E-state index in [0.29, 0.717) is 40.2 Å². The molecule has 8 heteroatoms. The van der Waals surface area contributed by atoms with Crippen LogP contribution in [0.1, 0.15) is 24.1 Å². The molecule has 0 unspecified atom stereocenters. The lowest BCUT2D eigenvalue weighted by Crippen LogP contribution is -2.45. The van der Waals surface area contributed by atoms with Gasteiger partial charge in [0.1, 0.15) is 6.61 Å². The first-order chi connectivity index (χ1) is 16.0. The smallest absolute Gasteiger partial charge is 0.255 e. The van der Waals surface area contributed by atoms with Crippen molar-refractivity contribution in [2.24, 2.45) is 0 Å². The van der Waals surface area contributed by atoms with Crippen molar-refractivity contribution in [2.75, 3.05) is 12.4 Å². The Morgan fingerprint density at radius 3 is 2.67 bits per heavy atom. The molecule has 3 N–H and O–H groups in total. The summed E-state index contributed by atoms with van der Waals surface area (Å²) in [6.07, 6.45) is 3.25. The van der Waals surface area contributed by atoms with Gasteiger partial charge in [0, 0.05) is 11.9 Å². The molecule has 168 valence electrons. The molecular formula is C25H24N4O3S. The molecule has 1 aliphatic heterocycles. The molecule has 33 heavy (non-hydrogen) atoms. The van der Waals surface area contributed by atoms with Gasteiger partial charge in [-0.2, -0.15) is 0 Å². The Morgan fingerprint density at radius 2 is 1.94 bits per heavy atom. The van der Waals surface area contributed by atoms with Crippen LogP contribution in [-0.2, 0) is 11.4 Å². The number of hydrogen-bond donors (Lipinski definition) is 3. The molecule has 0 bridgehead atoms. The topological polar surface area (TPSA) is 84.5 Å². The molecule has 0 spiro atoms. The normalized spacial score (nSPS) is 15.3. The van der Waals surface area contributed by atoms with E-state index in [9.17, 15) is 4.79 Å². The molecule has 3 aromatic rings. The van der Waals surface area contributed by atoms with E-state index in [0.717, 1.165) is 11.1 Å². The van der Waals surface area contributed by atoms with Crippen molar-refractivity contribution >= 4 is 28.9 Å². The minimum atomic E-state index is -0.465. The highest BCUT2D eigenvalue weighted by Crippen LogP contribution is 2.35. The third-order valence-electron chi connectivity index (χ3n) is 5.19. The first-order valence-corrected chi connectivity index (χ1v) is 10.8. The van der Waals surface area contributed by atoms with Gasteiger partial charge in [-0.05, 0) is 54.5 Å². The number of amides is 1. The maximum absolute atomic E-state index is 13.2. The zero-order valence-corrected chi connectivity index (χ0v) is 19.1. The Morgan fingerprint density at radius 1 is 1.12 bits per heavy atom. The van der Waals surface area contributed by atoms with Gasteiger partial charge in [0.2, 0.25) is 0 Å². The largest absolute Gasteiger partial charge is 0.493 e. The summed E-state index contributed by atoms with van der Waals surface area (Å²) in [4.78, 5) is 17.2. The van der Waals surface area contributed by atoms with E-state index in [1.54, 1.807) is 31.6 Å². The zero-order chi connectivity index (χ0) is 23.2. The summed E-state index contributed by atoms with van der Waals surface area (Å²) < 4.78 is 11.6. The van der Waals surface area contributed by atoms with Crippen LogP contribution in [0, 0.1) is 0 Å². The van der Waals surface area contributed by atoms with Crippen molar-refractivity contribution in [3.63, 3.8) is 0 Å². The van der Waals surface area contributed by atoms with E-state index in [2.05, 4.69) is 20.9 Å². The average molecular weight is 461 g/mol. The Hall–Kier alpha value is -3.91. The van der Waals surface area contributed by atoms with Crippen LogP contribution in [0.5, 0.6) is 11.5 Å². The predicted octanol–water partition coefficient (Wildman–Crippen LogP) is 4.10. The second kappa shape index (κ2) is 10.1. The summed E-state index contributed by atoms with van der Waals surface area (Å²) in [7, 11) is 1.59. The summed E-state index contributed by atoms with van der Waals surface area (Å²) in [5.74, 6) is 0.930. The minimum Gasteiger partial charge on any atom is -0.493 e. The summed E-state index contributed by atoms with van der Waals surface area (Å²) in [5, 5.41) is 9.58. The van der Waals surface area contributed by atoms with E-state index in [1.807, 2.05) is 55.5 Å². The number of hydrogen-bond acceptors (Lipinski definition) is 5. The number of carbonyl (C=O) groups is 1. The van der Waals surface area contributed by atoms with E-state index in [1.165, 1.54) is 0 Å². The van der Waals surface area contributed by atoms with Crippen LogP contribution in [0.2, 0.25) is 0 Å². The second-order valence-electron chi connectivity index (χ2n) is 7.45. The van der Waals surface area contributed by atoms with Gasteiger partial charge in [-0.3, -0.25) is 9.78 Å². The number of thiocarbonyl (C=S) groups is 1. The molecule has 0 saturated heterocycles. The number of nitrogens with zero attached hydrogens (tertiary/aromatic N) is 1. The lowest BCUT2D eigenvalue weighted by atomic mass is 9.94. The number of nitrogens with one attached hydrogen (secondary N) is 3. The summed E-state index contributed by atoms with van der Waals surface area (Å²) in [6, 6.07) is 18.6. The van der Waals surface area contributed by atoms with Gasteiger partial charge in [-0.15, -0.1) is 0 Å². The Balaban J connectivity index is 1.60. The van der Waals surface area contributed by atoms with Crippen molar-refractivity contribution in [3.8, 4) is 11.5 Å². The number of carbonyl (C=O) groups excluding carboxylic acids is 1. The fourth-order valence-electron chi connectivity index (χ4n) is 3.60. The van der Waals surface area contributed by atoms with Crippen LogP contribution in [0.15, 0.2) is 84.3 Å². The molecule has 1 aliphatic rings. The zero-order valence-electron chi connectivity index (χ0n) is 18.3. The maximum atomic E-state index is 13.2. The van der Waals surface area contributed by atoms with Crippen LogP contribution in [-0.4, -0.2) is 23.1 Å². The molecule has 7 nitrogen and oxygen atoms in total. The number of ether oxygens (including phenoxy) is 2. The Bertz CT molecular complexity index is 1180. The molecule has 2 heterocycles. The first-order valence-electron chi connectivity index (χ1n) is 10.4. The number of anilines is 1. The van der Waals surface area contributed by atoms with Crippen molar-refractivity contribution < 1.29 is 14.3 Å². The Kier molecular flexibility index (Phi) is 6.85. The van der Waals surface area contributed by atoms with Crippen molar-refractivity contribution in [2.45, 2.75) is 19.6 Å². The van der Waals surface area contributed by atoms with Crippen molar-refractivity contribution in [3.05, 3.63) is 95.5 Å². The molecule has 1 atom stereocenters. The molecule has 0 radical (unpaired) electrons. The molecule has 1 amide bonds. The van der Waals surface area contributed by atoms with Crippen LogP contribution < -0.4 is 25.4 Å². The number of rotatable bonds is 7. The summed E-state index contributed by atoms with van der Waals surface area (Å²) in [6.45, 7) is 2.25. The molecule has 0 fully saturated rings. The molecule has 1 aromatic heterocycles. The number of pyridine rings is 1. The second-order valence-corrected chi connectivity index (χ2v) is 7.86. The van der Waals surface area contributed by atoms with Gasteiger partial charge < -0.3 is 25.4 Å². The molecule has 4 rings (SSSR count). The van der Waals surface area contributed by atoms with Gasteiger partial charge in [0.25, 0.3) is 5.91 Å². The Labute approximate surface area is 197 Å². The maximum Gasteiger partial charge on any atom is 0.255 e. The molecule has 0 saturated carbocycles. The number of benzene rings is 2. The molecule has 2 aromatic carbocycles. The highest BCUT2D eigenvalue weighted by Gasteiger charge is 2.30. The lowest BCUT2D eigenvalue weighted by Gasteiger charge is -2.30. The monoisotopic (exact) mass is 460 g/mol. The summed E-state index contributed by atoms with van der Waals surface area (Å²) >= 11 is 5.36. The minimum absolute atomic E-state index is 0.253. The van der Waals surface area contributed by atoms with Crippen molar-refractivity contribution in [1.82, 2.24) is 15.6 Å². The van der Waals surface area contributed by atoms with Gasteiger partial charge in [-0.1, -0.05) is 36.4 Å². The SMILES string of the molecule is COc1cc([C@H]2NC(=S)NC(C)=C2C(=O)Nc2cccnc2)ccc1OCc1ccccc1. The van der Waals surface area contributed by atoms with Gasteiger partial charge in [0.05, 0.1) is 30.6 Å². The number of methoxy groups -OCH3 is 1. The predicted molar refractivity (Wildman–Crippen MR) is 131 cm³/mol. The van der Waals surface area contributed by atoms with Crippen LogP contribution in [0.4, 0.5) is 5.69 Å². The first kappa shape index (κ1) is 22.3. The van der Waals surface area contributed by atoms with E-state index >= 15 is 0 Å². The van der Waals surface area contributed by atoms with E-state index < -0.39 is 6.04 Å². The standard InChI is InChI=1S/C25H24N4O3S/c1-16-22(24(30)28-19-9-6-12-26-14-19)23(29-25(33)27-16)18-10-11-20(21(13-18)31-2)32-15-17-7-4-3-5-8-17/h3-14,23H,15H2,1-2H3,(H,28,30)(H2,27,29,33)/t23-/m1/s1. The quantitative estimate of drug-likeness (QED) is 0.458. The van der Waals surface area contributed by atoms with Gasteiger partial charge in [-0.25, -0.2) is 0 Å². The van der Waals surface area contributed by atoms with E-state index in [4.69, 9.17) is 21.7 Å².